The van der Waals surface area contributed by atoms with Crippen molar-refractivity contribution >= 4 is 0 Å². The maximum atomic E-state index is 8.87. The lowest BCUT2D eigenvalue weighted by Gasteiger charge is -2.09. The average Bonchev–Trinajstić information content (AvgIpc) is 2.35. The standard InChI is InChI=1S/C9H16O2/c1-8(2)5-9(8)3-7(4-10)11-6-9/h7,10H,3-6H2,1-2H3/t7-,9-/m0/s1. The SMILES string of the molecule is CC1(C)C[C@@]12CO[C@H](CO)C2. The van der Waals surface area contributed by atoms with Gasteiger partial charge in [0.15, 0.2) is 0 Å². The van der Waals surface area contributed by atoms with Gasteiger partial charge in [-0.25, -0.2) is 0 Å². The van der Waals surface area contributed by atoms with Crippen LogP contribution in [0.25, 0.3) is 0 Å². The molecule has 64 valence electrons. The quantitative estimate of drug-likeness (QED) is 0.618. The number of rotatable bonds is 1. The first-order chi connectivity index (χ1) is 5.10. The molecule has 0 aromatic carbocycles. The summed E-state index contributed by atoms with van der Waals surface area (Å²) in [6.45, 7) is 5.63. The van der Waals surface area contributed by atoms with Crippen LogP contribution in [0, 0.1) is 10.8 Å². The second-order valence-electron chi connectivity index (χ2n) is 4.66. The highest BCUT2D eigenvalue weighted by Crippen LogP contribution is 2.68. The molecule has 0 amide bonds. The van der Waals surface area contributed by atoms with Crippen molar-refractivity contribution in [3.8, 4) is 0 Å². The van der Waals surface area contributed by atoms with E-state index in [4.69, 9.17) is 9.84 Å². The van der Waals surface area contributed by atoms with Gasteiger partial charge < -0.3 is 9.84 Å². The van der Waals surface area contributed by atoms with Gasteiger partial charge in [0, 0.05) is 5.41 Å². The van der Waals surface area contributed by atoms with E-state index in [1.54, 1.807) is 0 Å². The van der Waals surface area contributed by atoms with Crippen molar-refractivity contribution in [3.05, 3.63) is 0 Å². The van der Waals surface area contributed by atoms with E-state index in [1.165, 1.54) is 6.42 Å². The Hall–Kier alpha value is -0.0800. The van der Waals surface area contributed by atoms with Gasteiger partial charge in [0.25, 0.3) is 0 Å². The van der Waals surface area contributed by atoms with Crippen LogP contribution in [0.5, 0.6) is 0 Å². The van der Waals surface area contributed by atoms with E-state index in [0.29, 0.717) is 10.8 Å². The third-order valence-corrected chi connectivity index (χ3v) is 3.51. The zero-order chi connectivity index (χ0) is 8.11. The lowest BCUT2D eigenvalue weighted by Crippen LogP contribution is -2.11. The number of aliphatic hydroxyl groups is 1. The first-order valence-corrected chi connectivity index (χ1v) is 4.32. The molecule has 0 bridgehead atoms. The topological polar surface area (TPSA) is 29.5 Å². The van der Waals surface area contributed by atoms with Gasteiger partial charge in [-0.1, -0.05) is 13.8 Å². The summed E-state index contributed by atoms with van der Waals surface area (Å²) >= 11 is 0. The predicted molar refractivity (Wildman–Crippen MR) is 42.3 cm³/mol. The van der Waals surface area contributed by atoms with Crippen LogP contribution in [0.15, 0.2) is 0 Å². The van der Waals surface area contributed by atoms with Gasteiger partial charge in [0.1, 0.15) is 0 Å². The van der Waals surface area contributed by atoms with Crippen LogP contribution in [0.2, 0.25) is 0 Å². The van der Waals surface area contributed by atoms with Crippen molar-refractivity contribution in [3.63, 3.8) is 0 Å². The predicted octanol–water partition coefficient (Wildman–Crippen LogP) is 1.18. The van der Waals surface area contributed by atoms with Crippen LogP contribution < -0.4 is 0 Å². The second kappa shape index (κ2) is 1.99. The molecular formula is C9H16O2. The monoisotopic (exact) mass is 156 g/mol. The summed E-state index contributed by atoms with van der Waals surface area (Å²) in [6.07, 6.45) is 2.46. The molecule has 1 saturated heterocycles. The number of hydrogen-bond donors (Lipinski definition) is 1. The smallest absolute Gasteiger partial charge is 0.0812 e. The molecule has 1 heterocycles. The maximum Gasteiger partial charge on any atom is 0.0812 e. The summed E-state index contributed by atoms with van der Waals surface area (Å²) in [7, 11) is 0. The van der Waals surface area contributed by atoms with Gasteiger partial charge in [0.2, 0.25) is 0 Å². The fourth-order valence-corrected chi connectivity index (χ4v) is 2.34. The molecule has 0 aromatic heterocycles. The van der Waals surface area contributed by atoms with E-state index < -0.39 is 0 Å². The molecule has 11 heavy (non-hydrogen) atoms. The van der Waals surface area contributed by atoms with Gasteiger partial charge in [-0.05, 0) is 18.3 Å². The molecule has 2 aliphatic rings. The van der Waals surface area contributed by atoms with Crippen LogP contribution in [0.1, 0.15) is 26.7 Å². The molecule has 2 heteroatoms. The van der Waals surface area contributed by atoms with E-state index in [1.807, 2.05) is 0 Å². The molecule has 2 atom stereocenters. The summed E-state index contributed by atoms with van der Waals surface area (Å²) in [5, 5.41) is 8.87. The molecule has 0 unspecified atom stereocenters. The molecule has 0 radical (unpaired) electrons. The fraction of sp³-hybridized carbons (Fsp3) is 1.00. The van der Waals surface area contributed by atoms with Crippen LogP contribution in [-0.4, -0.2) is 24.4 Å². The largest absolute Gasteiger partial charge is 0.394 e. The van der Waals surface area contributed by atoms with Crippen molar-refractivity contribution in [1.82, 2.24) is 0 Å². The first kappa shape index (κ1) is 7.56. The van der Waals surface area contributed by atoms with Gasteiger partial charge in [-0.3, -0.25) is 0 Å². The molecule has 2 fully saturated rings. The summed E-state index contributed by atoms with van der Waals surface area (Å²) in [5.41, 5.74) is 0.900. The van der Waals surface area contributed by atoms with Crippen molar-refractivity contribution in [1.29, 1.82) is 0 Å². The first-order valence-electron chi connectivity index (χ1n) is 4.32. The molecule has 1 spiro atoms. The third kappa shape index (κ3) is 0.926. The highest BCUT2D eigenvalue weighted by molar-refractivity contribution is 5.12. The summed E-state index contributed by atoms with van der Waals surface area (Å²) in [5.74, 6) is 0. The number of aliphatic hydroxyl groups excluding tert-OH is 1. The normalized spacial score (nSPS) is 46.6. The van der Waals surface area contributed by atoms with E-state index in [-0.39, 0.29) is 12.7 Å². The minimum Gasteiger partial charge on any atom is -0.394 e. The average molecular weight is 156 g/mol. The van der Waals surface area contributed by atoms with Gasteiger partial charge in [-0.15, -0.1) is 0 Å². The Balaban J connectivity index is 2.01. The van der Waals surface area contributed by atoms with Crippen LogP contribution >= 0.6 is 0 Å². The second-order valence-corrected chi connectivity index (χ2v) is 4.66. The van der Waals surface area contributed by atoms with Crippen molar-refractivity contribution in [2.45, 2.75) is 32.8 Å². The molecule has 1 saturated carbocycles. The van der Waals surface area contributed by atoms with E-state index in [2.05, 4.69) is 13.8 Å². The Kier molecular flexibility index (Phi) is 1.37. The molecule has 0 aromatic rings. The van der Waals surface area contributed by atoms with Gasteiger partial charge >= 0.3 is 0 Å². The van der Waals surface area contributed by atoms with Crippen molar-refractivity contribution in [2.75, 3.05) is 13.2 Å². The molecule has 1 aliphatic carbocycles. The third-order valence-electron chi connectivity index (χ3n) is 3.51. The molecule has 1 aliphatic heterocycles. The minimum atomic E-state index is 0.122. The zero-order valence-corrected chi connectivity index (χ0v) is 7.26. The summed E-state index contributed by atoms with van der Waals surface area (Å²) in [4.78, 5) is 0. The lowest BCUT2D eigenvalue weighted by atomic mass is 9.93. The zero-order valence-electron chi connectivity index (χ0n) is 7.26. The van der Waals surface area contributed by atoms with Crippen LogP contribution in [0.3, 0.4) is 0 Å². The molecule has 1 N–H and O–H groups in total. The highest BCUT2D eigenvalue weighted by Gasteiger charge is 2.64. The molecule has 2 nitrogen and oxygen atoms in total. The van der Waals surface area contributed by atoms with E-state index in [0.717, 1.165) is 13.0 Å². The van der Waals surface area contributed by atoms with Crippen molar-refractivity contribution < 1.29 is 9.84 Å². The number of ether oxygens (including phenoxy) is 1. The lowest BCUT2D eigenvalue weighted by molar-refractivity contribution is 0.0557. The maximum absolute atomic E-state index is 8.87. The van der Waals surface area contributed by atoms with E-state index in [9.17, 15) is 0 Å². The van der Waals surface area contributed by atoms with Gasteiger partial charge in [0.05, 0.1) is 19.3 Å². The van der Waals surface area contributed by atoms with Crippen molar-refractivity contribution in [2.24, 2.45) is 10.8 Å². The minimum absolute atomic E-state index is 0.122. The molecular weight excluding hydrogens is 140 g/mol. The number of hydrogen-bond acceptors (Lipinski definition) is 2. The summed E-state index contributed by atoms with van der Waals surface area (Å²) in [6, 6.07) is 0. The highest BCUT2D eigenvalue weighted by atomic mass is 16.5. The van der Waals surface area contributed by atoms with Crippen LogP contribution in [-0.2, 0) is 4.74 Å². The Morgan fingerprint density at radius 2 is 2.18 bits per heavy atom. The Bertz CT molecular complexity index is 176. The van der Waals surface area contributed by atoms with Gasteiger partial charge in [-0.2, -0.15) is 0 Å². The Morgan fingerprint density at radius 3 is 2.45 bits per heavy atom. The fourth-order valence-electron chi connectivity index (χ4n) is 2.34. The Labute approximate surface area is 67.6 Å². The molecule has 2 rings (SSSR count). The Morgan fingerprint density at radius 1 is 1.55 bits per heavy atom. The van der Waals surface area contributed by atoms with E-state index >= 15 is 0 Å². The van der Waals surface area contributed by atoms with Crippen LogP contribution in [0.4, 0.5) is 0 Å². The summed E-state index contributed by atoms with van der Waals surface area (Å²) < 4.78 is 5.47.